The van der Waals surface area contributed by atoms with Crippen molar-refractivity contribution in [3.05, 3.63) is 12.7 Å². The molecule has 0 heterocycles. The van der Waals surface area contributed by atoms with Crippen LogP contribution in [0.1, 0.15) is 58.8 Å². The molecule has 19 heavy (non-hydrogen) atoms. The van der Waals surface area contributed by atoms with Crippen LogP contribution < -0.4 is 5.73 Å². The molecule has 0 unspecified atom stereocenters. The van der Waals surface area contributed by atoms with Gasteiger partial charge in [-0.25, -0.2) is 0 Å². The van der Waals surface area contributed by atoms with Crippen LogP contribution in [0.4, 0.5) is 0 Å². The van der Waals surface area contributed by atoms with Crippen LogP contribution in [0.15, 0.2) is 12.7 Å². The minimum atomic E-state index is -0.384. The number of hydrogen-bond donors (Lipinski definition) is 2. The molecule has 3 heteroatoms. The third-order valence-corrected chi connectivity index (χ3v) is 4.50. The molecule has 1 saturated carbocycles. The molecule has 1 rings (SSSR count). The van der Waals surface area contributed by atoms with Gasteiger partial charge in [-0.3, -0.25) is 0 Å². The van der Waals surface area contributed by atoms with Crippen molar-refractivity contribution >= 4 is 12.4 Å². The second-order valence-electron chi connectivity index (χ2n) is 6.33. The van der Waals surface area contributed by atoms with Gasteiger partial charge in [0.2, 0.25) is 0 Å². The molecular weight excluding hydrogens is 258 g/mol. The fourth-order valence-electron chi connectivity index (χ4n) is 3.26. The van der Waals surface area contributed by atoms with Gasteiger partial charge in [0.1, 0.15) is 0 Å². The molecule has 1 fully saturated rings. The third kappa shape index (κ3) is 6.29. The van der Waals surface area contributed by atoms with Gasteiger partial charge in [-0.15, -0.1) is 19.0 Å². The van der Waals surface area contributed by atoms with Crippen LogP contribution in [0.25, 0.3) is 0 Å². The molecule has 0 spiro atoms. The normalized spacial score (nSPS) is 21.5. The van der Waals surface area contributed by atoms with E-state index in [9.17, 15) is 5.11 Å². The molecule has 0 aliphatic heterocycles. The summed E-state index contributed by atoms with van der Waals surface area (Å²) in [6, 6.07) is -0.0690. The van der Waals surface area contributed by atoms with E-state index < -0.39 is 0 Å². The fraction of sp³-hybridized carbons (Fsp3) is 0.875. The zero-order valence-electron chi connectivity index (χ0n) is 12.6. The average Bonchev–Trinajstić information content (AvgIpc) is 2.36. The maximum Gasteiger partial charge on any atom is 0.0724 e. The fourth-order valence-corrected chi connectivity index (χ4v) is 3.26. The van der Waals surface area contributed by atoms with Crippen molar-refractivity contribution < 1.29 is 5.11 Å². The Morgan fingerprint density at radius 1 is 1.26 bits per heavy atom. The lowest BCUT2D eigenvalue weighted by atomic mass is 9.79. The van der Waals surface area contributed by atoms with E-state index in [-0.39, 0.29) is 30.5 Å². The maximum absolute atomic E-state index is 10.4. The maximum atomic E-state index is 10.4. The van der Waals surface area contributed by atoms with Crippen molar-refractivity contribution in [2.24, 2.45) is 23.5 Å². The first kappa shape index (κ1) is 18.9. The summed E-state index contributed by atoms with van der Waals surface area (Å²) in [6.45, 7) is 8.10. The second-order valence-corrected chi connectivity index (χ2v) is 6.33. The topological polar surface area (TPSA) is 46.2 Å². The SMILES string of the molecule is C=CC[C@@H](C(C)C)[C@H](O)[C@@H](N)CC1CCCCC1.Cl. The van der Waals surface area contributed by atoms with Gasteiger partial charge in [-0.2, -0.15) is 0 Å². The largest absolute Gasteiger partial charge is 0.391 e. The van der Waals surface area contributed by atoms with E-state index in [2.05, 4.69) is 20.4 Å². The molecule has 0 amide bonds. The van der Waals surface area contributed by atoms with E-state index >= 15 is 0 Å². The van der Waals surface area contributed by atoms with Crippen LogP contribution in [0.2, 0.25) is 0 Å². The summed E-state index contributed by atoms with van der Waals surface area (Å²) in [5.74, 6) is 1.44. The monoisotopic (exact) mass is 289 g/mol. The van der Waals surface area contributed by atoms with Crippen molar-refractivity contribution in [2.45, 2.75) is 70.9 Å². The van der Waals surface area contributed by atoms with Crippen molar-refractivity contribution in [1.29, 1.82) is 0 Å². The standard InChI is InChI=1S/C16H31NO.ClH/c1-4-8-14(12(2)3)16(18)15(17)11-13-9-6-5-7-10-13;/h4,12-16,18H,1,5-11,17H2,2-3H3;1H/t14-,15-,16-;/m0./s1. The van der Waals surface area contributed by atoms with Crippen LogP contribution in [0.5, 0.6) is 0 Å². The molecular formula is C16H32ClNO. The average molecular weight is 290 g/mol. The molecule has 3 N–H and O–H groups in total. The number of hydrogen-bond acceptors (Lipinski definition) is 2. The first-order chi connectivity index (χ1) is 8.56. The summed E-state index contributed by atoms with van der Waals surface area (Å²) in [4.78, 5) is 0. The Bertz CT molecular complexity index is 239. The molecule has 0 aromatic carbocycles. The molecule has 3 atom stereocenters. The summed E-state index contributed by atoms with van der Waals surface area (Å²) >= 11 is 0. The number of aliphatic hydroxyl groups is 1. The molecule has 0 aromatic heterocycles. The number of aliphatic hydroxyl groups excluding tert-OH is 1. The molecule has 0 bridgehead atoms. The molecule has 114 valence electrons. The minimum absolute atomic E-state index is 0. The Hall–Kier alpha value is -0.0500. The van der Waals surface area contributed by atoms with E-state index in [1.54, 1.807) is 0 Å². The van der Waals surface area contributed by atoms with Gasteiger partial charge in [0, 0.05) is 6.04 Å². The predicted octanol–water partition coefficient (Wildman–Crippen LogP) is 3.92. The van der Waals surface area contributed by atoms with E-state index in [1.807, 2.05) is 6.08 Å². The van der Waals surface area contributed by atoms with Crippen LogP contribution in [0.3, 0.4) is 0 Å². The number of rotatable bonds is 7. The number of allylic oxidation sites excluding steroid dienone is 1. The zero-order chi connectivity index (χ0) is 13.5. The third-order valence-electron chi connectivity index (χ3n) is 4.50. The van der Waals surface area contributed by atoms with E-state index in [1.165, 1.54) is 32.1 Å². The summed E-state index contributed by atoms with van der Waals surface area (Å²) in [6.07, 6.45) is 10.0. The first-order valence-corrected chi connectivity index (χ1v) is 7.60. The Kier molecular flexibility index (Phi) is 9.77. The van der Waals surface area contributed by atoms with Crippen LogP contribution in [-0.2, 0) is 0 Å². The minimum Gasteiger partial charge on any atom is -0.391 e. The lowest BCUT2D eigenvalue weighted by Gasteiger charge is -2.32. The van der Waals surface area contributed by atoms with Gasteiger partial charge in [-0.1, -0.05) is 52.0 Å². The highest BCUT2D eigenvalue weighted by Crippen LogP contribution is 2.30. The summed E-state index contributed by atoms with van der Waals surface area (Å²) in [5, 5.41) is 10.4. The van der Waals surface area contributed by atoms with Gasteiger partial charge < -0.3 is 10.8 Å². The van der Waals surface area contributed by atoms with Gasteiger partial charge in [0.05, 0.1) is 6.10 Å². The van der Waals surface area contributed by atoms with Crippen LogP contribution in [0, 0.1) is 17.8 Å². The number of nitrogens with two attached hydrogens (primary N) is 1. The molecule has 0 radical (unpaired) electrons. The molecule has 1 aliphatic rings. The Morgan fingerprint density at radius 2 is 1.84 bits per heavy atom. The second kappa shape index (κ2) is 9.79. The lowest BCUT2D eigenvalue weighted by molar-refractivity contribution is 0.0501. The van der Waals surface area contributed by atoms with Crippen molar-refractivity contribution in [1.82, 2.24) is 0 Å². The zero-order valence-corrected chi connectivity index (χ0v) is 13.4. The molecule has 0 saturated heterocycles. The van der Waals surface area contributed by atoms with Crippen molar-refractivity contribution in [3.63, 3.8) is 0 Å². The highest BCUT2D eigenvalue weighted by atomic mass is 35.5. The summed E-state index contributed by atoms with van der Waals surface area (Å²) < 4.78 is 0. The highest BCUT2D eigenvalue weighted by molar-refractivity contribution is 5.85. The van der Waals surface area contributed by atoms with Crippen LogP contribution >= 0.6 is 12.4 Å². The van der Waals surface area contributed by atoms with E-state index in [0.29, 0.717) is 5.92 Å². The van der Waals surface area contributed by atoms with E-state index in [4.69, 9.17) is 5.73 Å². The highest BCUT2D eigenvalue weighted by Gasteiger charge is 2.28. The van der Waals surface area contributed by atoms with Crippen LogP contribution in [-0.4, -0.2) is 17.3 Å². The smallest absolute Gasteiger partial charge is 0.0724 e. The Balaban J connectivity index is 0.00000324. The quantitative estimate of drug-likeness (QED) is 0.698. The van der Waals surface area contributed by atoms with Gasteiger partial charge in [0.25, 0.3) is 0 Å². The molecule has 1 aliphatic carbocycles. The Morgan fingerprint density at radius 3 is 2.32 bits per heavy atom. The Labute approximate surface area is 125 Å². The van der Waals surface area contributed by atoms with Gasteiger partial charge in [0.15, 0.2) is 0 Å². The van der Waals surface area contributed by atoms with E-state index in [0.717, 1.165) is 18.8 Å². The van der Waals surface area contributed by atoms with Crippen molar-refractivity contribution in [2.75, 3.05) is 0 Å². The molecule has 0 aromatic rings. The number of halogens is 1. The van der Waals surface area contributed by atoms with Gasteiger partial charge >= 0.3 is 0 Å². The molecule has 2 nitrogen and oxygen atoms in total. The lowest BCUT2D eigenvalue weighted by Crippen LogP contribution is -2.43. The predicted molar refractivity (Wildman–Crippen MR) is 85.6 cm³/mol. The summed E-state index contributed by atoms with van der Waals surface area (Å²) in [5.41, 5.74) is 6.23. The first-order valence-electron chi connectivity index (χ1n) is 7.60. The van der Waals surface area contributed by atoms with Gasteiger partial charge in [-0.05, 0) is 30.6 Å². The van der Waals surface area contributed by atoms with Crippen molar-refractivity contribution in [3.8, 4) is 0 Å². The summed E-state index contributed by atoms with van der Waals surface area (Å²) in [7, 11) is 0.